The van der Waals surface area contributed by atoms with Gasteiger partial charge in [0.15, 0.2) is 0 Å². The summed E-state index contributed by atoms with van der Waals surface area (Å²) < 4.78 is 1.37. The molecule has 110 valence electrons. The number of nitrogen functional groups attached to an aromatic ring is 1. The molecule has 0 aromatic carbocycles. The van der Waals surface area contributed by atoms with E-state index >= 15 is 0 Å². The number of rotatable bonds is 6. The summed E-state index contributed by atoms with van der Waals surface area (Å²) in [4.78, 5) is 26.0. The maximum atomic E-state index is 11.9. The van der Waals surface area contributed by atoms with Gasteiger partial charge in [-0.25, -0.2) is 4.79 Å². The largest absolute Gasteiger partial charge is 0.383 e. The third kappa shape index (κ3) is 3.67. The van der Waals surface area contributed by atoms with E-state index in [4.69, 9.17) is 12.2 Å². The van der Waals surface area contributed by atoms with E-state index in [1.165, 1.54) is 4.57 Å². The lowest BCUT2D eigenvalue weighted by molar-refractivity contribution is 0.508. The number of nitrogens with two attached hydrogens (primary N) is 1. The molecule has 1 aromatic heterocycles. The number of hydrogen-bond donors (Lipinski definition) is 3. The van der Waals surface area contributed by atoms with Crippen molar-refractivity contribution < 1.29 is 0 Å². The van der Waals surface area contributed by atoms with Gasteiger partial charge >= 0.3 is 5.69 Å². The summed E-state index contributed by atoms with van der Waals surface area (Å²) in [5.41, 5.74) is 5.18. The monoisotopic (exact) mass is 278 g/mol. The normalized spacial score (nSPS) is 12.2. The van der Waals surface area contributed by atoms with Crippen molar-refractivity contribution in [3.05, 3.63) is 20.8 Å². The quantitative estimate of drug-likeness (QED) is 0.676. The minimum atomic E-state index is -0.511. The zero-order chi connectivity index (χ0) is 15.3. The molecule has 20 heavy (non-hydrogen) atoms. The molecule has 0 spiro atoms. The van der Waals surface area contributed by atoms with Gasteiger partial charge in [0.2, 0.25) is 0 Å². The van der Waals surface area contributed by atoms with E-state index in [2.05, 4.69) is 16.2 Å². The van der Waals surface area contributed by atoms with Crippen molar-refractivity contribution in [3.63, 3.8) is 0 Å². The van der Waals surface area contributed by atoms with Crippen LogP contribution in [0.25, 0.3) is 0 Å². The molecular weight excluding hydrogens is 256 g/mol. The Balaban J connectivity index is 3.23. The summed E-state index contributed by atoms with van der Waals surface area (Å²) >= 11 is 0. The molecule has 1 rings (SSSR count). The standard InChI is InChI=1S/C14H22N4O2/c1-5-7-10(6-2)16-11-12(15)18(8-9(3)4)14(20)17-13(11)19/h1,9-10,16H,6-8,15H2,2-4H3,(H,17,19,20). The lowest BCUT2D eigenvalue weighted by Crippen LogP contribution is -2.36. The Kier molecular flexibility index (Phi) is 5.44. The molecule has 0 aliphatic rings. The fraction of sp³-hybridized carbons (Fsp3) is 0.571. The third-order valence-electron chi connectivity index (χ3n) is 2.99. The molecule has 6 nitrogen and oxygen atoms in total. The Morgan fingerprint density at radius 1 is 1.45 bits per heavy atom. The van der Waals surface area contributed by atoms with Crippen LogP contribution in [0.5, 0.6) is 0 Å². The summed E-state index contributed by atoms with van der Waals surface area (Å²) in [6.07, 6.45) is 6.53. The molecule has 0 aliphatic heterocycles. The van der Waals surface area contributed by atoms with Crippen LogP contribution >= 0.6 is 0 Å². The first-order valence-electron chi connectivity index (χ1n) is 6.73. The molecular formula is C14H22N4O2. The first kappa shape index (κ1) is 15.9. The molecule has 1 heterocycles. The fourth-order valence-corrected chi connectivity index (χ4v) is 1.92. The molecule has 0 radical (unpaired) electrons. The molecule has 1 unspecified atom stereocenters. The number of terminal acetylenes is 1. The number of nitrogens with one attached hydrogen (secondary N) is 2. The van der Waals surface area contributed by atoms with Gasteiger partial charge in [-0.1, -0.05) is 20.8 Å². The summed E-state index contributed by atoms with van der Waals surface area (Å²) in [6.45, 7) is 6.35. The van der Waals surface area contributed by atoms with Gasteiger partial charge in [0.25, 0.3) is 5.56 Å². The van der Waals surface area contributed by atoms with Crippen molar-refractivity contribution in [2.45, 2.75) is 46.2 Å². The maximum absolute atomic E-state index is 11.9. The van der Waals surface area contributed by atoms with Gasteiger partial charge in [-0.3, -0.25) is 14.3 Å². The van der Waals surface area contributed by atoms with Crippen LogP contribution in [0.1, 0.15) is 33.6 Å². The van der Waals surface area contributed by atoms with Crippen molar-refractivity contribution >= 4 is 11.5 Å². The van der Waals surface area contributed by atoms with Crippen LogP contribution in [0.4, 0.5) is 11.5 Å². The zero-order valence-corrected chi connectivity index (χ0v) is 12.2. The molecule has 0 fully saturated rings. The van der Waals surface area contributed by atoms with Crippen LogP contribution in [-0.4, -0.2) is 15.6 Å². The highest BCUT2D eigenvalue weighted by atomic mass is 16.2. The molecule has 0 aliphatic carbocycles. The highest BCUT2D eigenvalue weighted by Crippen LogP contribution is 2.15. The average Bonchev–Trinajstić information content (AvgIpc) is 2.37. The van der Waals surface area contributed by atoms with Crippen molar-refractivity contribution in [1.29, 1.82) is 0 Å². The smallest absolute Gasteiger partial charge is 0.330 e. The Hall–Kier alpha value is -2.16. The lowest BCUT2D eigenvalue weighted by Gasteiger charge is -2.19. The molecule has 6 heteroatoms. The molecule has 0 amide bonds. The number of anilines is 2. The second-order valence-electron chi connectivity index (χ2n) is 5.18. The highest BCUT2D eigenvalue weighted by Gasteiger charge is 2.15. The zero-order valence-electron chi connectivity index (χ0n) is 12.2. The van der Waals surface area contributed by atoms with Crippen LogP contribution in [-0.2, 0) is 6.54 Å². The van der Waals surface area contributed by atoms with Gasteiger partial charge in [0, 0.05) is 19.0 Å². The fourth-order valence-electron chi connectivity index (χ4n) is 1.92. The molecule has 0 bridgehead atoms. The first-order chi connectivity index (χ1) is 9.40. The van der Waals surface area contributed by atoms with Gasteiger partial charge < -0.3 is 11.1 Å². The first-order valence-corrected chi connectivity index (χ1v) is 6.73. The van der Waals surface area contributed by atoms with Crippen molar-refractivity contribution in [2.24, 2.45) is 5.92 Å². The average molecular weight is 278 g/mol. The number of aromatic nitrogens is 2. The molecule has 1 aromatic rings. The summed E-state index contributed by atoms with van der Waals surface area (Å²) in [6, 6.07) is -0.0478. The van der Waals surface area contributed by atoms with E-state index < -0.39 is 11.2 Å². The summed E-state index contributed by atoms with van der Waals surface area (Å²) in [7, 11) is 0. The molecule has 4 N–H and O–H groups in total. The predicted octanol–water partition coefficient (Wildman–Crippen LogP) is 0.989. The third-order valence-corrected chi connectivity index (χ3v) is 2.99. The Morgan fingerprint density at radius 2 is 2.10 bits per heavy atom. The van der Waals surface area contributed by atoms with Crippen LogP contribution in [0.3, 0.4) is 0 Å². The van der Waals surface area contributed by atoms with Crippen LogP contribution < -0.4 is 22.3 Å². The van der Waals surface area contributed by atoms with E-state index in [0.29, 0.717) is 13.0 Å². The van der Waals surface area contributed by atoms with Gasteiger partial charge in [-0.2, -0.15) is 0 Å². The van der Waals surface area contributed by atoms with Gasteiger partial charge in [0.05, 0.1) is 0 Å². The second kappa shape index (κ2) is 6.85. The minimum absolute atomic E-state index is 0.0478. The van der Waals surface area contributed by atoms with E-state index in [1.807, 2.05) is 20.8 Å². The van der Waals surface area contributed by atoms with Crippen molar-refractivity contribution in [1.82, 2.24) is 9.55 Å². The lowest BCUT2D eigenvalue weighted by atomic mass is 10.1. The SMILES string of the molecule is C#CCC(CC)Nc1c(N)n(CC(C)C)c(=O)[nH]c1=O. The Morgan fingerprint density at radius 3 is 2.60 bits per heavy atom. The van der Waals surface area contributed by atoms with Crippen LogP contribution in [0.15, 0.2) is 9.59 Å². The maximum Gasteiger partial charge on any atom is 0.330 e. The van der Waals surface area contributed by atoms with Crippen molar-refractivity contribution in [2.75, 3.05) is 11.1 Å². The molecule has 0 saturated carbocycles. The highest BCUT2D eigenvalue weighted by molar-refractivity contribution is 5.61. The predicted molar refractivity (Wildman–Crippen MR) is 81.7 cm³/mol. The second-order valence-corrected chi connectivity index (χ2v) is 5.18. The van der Waals surface area contributed by atoms with Crippen LogP contribution in [0, 0.1) is 18.3 Å². The topological polar surface area (TPSA) is 92.9 Å². The van der Waals surface area contributed by atoms with Crippen molar-refractivity contribution in [3.8, 4) is 12.3 Å². The van der Waals surface area contributed by atoms with Gasteiger partial charge in [-0.05, 0) is 12.3 Å². The number of hydrogen-bond acceptors (Lipinski definition) is 4. The van der Waals surface area contributed by atoms with Gasteiger partial charge in [0.1, 0.15) is 11.5 Å². The molecule has 1 atom stereocenters. The number of H-pyrrole nitrogens is 1. The summed E-state index contributed by atoms with van der Waals surface area (Å²) in [5, 5.41) is 3.04. The van der Waals surface area contributed by atoms with E-state index in [9.17, 15) is 9.59 Å². The molecule has 0 saturated heterocycles. The van der Waals surface area contributed by atoms with E-state index in [0.717, 1.165) is 6.42 Å². The minimum Gasteiger partial charge on any atom is -0.383 e. The Labute approximate surface area is 118 Å². The van der Waals surface area contributed by atoms with E-state index in [1.54, 1.807) is 0 Å². The number of aromatic amines is 1. The Bertz CT molecular complexity index is 607. The number of nitrogens with zero attached hydrogens (tertiary/aromatic N) is 1. The van der Waals surface area contributed by atoms with Crippen LogP contribution in [0.2, 0.25) is 0 Å². The van der Waals surface area contributed by atoms with E-state index in [-0.39, 0.29) is 23.5 Å². The summed E-state index contributed by atoms with van der Waals surface area (Å²) in [5.74, 6) is 2.94. The van der Waals surface area contributed by atoms with Gasteiger partial charge in [-0.15, -0.1) is 12.3 Å².